The van der Waals surface area contributed by atoms with Crippen molar-refractivity contribution in [3.8, 4) is 0 Å². The summed E-state index contributed by atoms with van der Waals surface area (Å²) < 4.78 is 0. The Hall–Kier alpha value is -1.23. The van der Waals surface area contributed by atoms with Crippen molar-refractivity contribution in [2.45, 2.75) is 12.8 Å². The molecule has 2 fully saturated rings. The van der Waals surface area contributed by atoms with Gasteiger partial charge >= 0.3 is 0 Å². The van der Waals surface area contributed by atoms with Crippen LogP contribution in [0.3, 0.4) is 0 Å². The van der Waals surface area contributed by atoms with Crippen LogP contribution in [0.5, 0.6) is 0 Å². The number of piperazine rings is 1. The van der Waals surface area contributed by atoms with Gasteiger partial charge in [0, 0.05) is 39.8 Å². The van der Waals surface area contributed by atoms with Crippen molar-refractivity contribution in [2.24, 2.45) is 10.9 Å². The molecule has 0 atom stereocenters. The number of rotatable bonds is 3. The van der Waals surface area contributed by atoms with Gasteiger partial charge in [0.1, 0.15) is 0 Å². The molecule has 0 radical (unpaired) electrons. The smallest absolute Gasteiger partial charge is 0.193 e. The quantitative estimate of drug-likeness (QED) is 0.676. The van der Waals surface area contributed by atoms with E-state index in [1.54, 1.807) is 0 Å². The van der Waals surface area contributed by atoms with Gasteiger partial charge in [-0.3, -0.25) is 4.99 Å². The summed E-state index contributed by atoms with van der Waals surface area (Å²) in [6, 6.07) is 4.34. The topological polar surface area (TPSA) is 30.9 Å². The van der Waals surface area contributed by atoms with Crippen LogP contribution in [0, 0.1) is 5.92 Å². The summed E-state index contributed by atoms with van der Waals surface area (Å²) in [7, 11) is 1.89. The molecule has 0 spiro atoms. The molecule has 1 N–H and O–H groups in total. The van der Waals surface area contributed by atoms with E-state index >= 15 is 0 Å². The Balaban J connectivity index is 1.50. The molecule has 1 aliphatic carbocycles. The Labute approximate surface area is 119 Å². The minimum atomic E-state index is 0.893. The molecule has 1 saturated carbocycles. The minimum absolute atomic E-state index is 0.893. The van der Waals surface area contributed by atoms with Gasteiger partial charge in [-0.15, -0.1) is 11.3 Å². The fraction of sp³-hybridized carbons (Fsp3) is 0.643. The molecule has 4 nitrogen and oxygen atoms in total. The third-order valence-corrected chi connectivity index (χ3v) is 4.78. The highest BCUT2D eigenvalue weighted by atomic mass is 32.1. The number of guanidine groups is 1. The zero-order chi connectivity index (χ0) is 13.1. The Morgan fingerprint density at radius 2 is 2.16 bits per heavy atom. The molecule has 19 heavy (non-hydrogen) atoms. The number of hydrogen-bond acceptors (Lipinski definition) is 3. The number of hydrogen-bond donors (Lipinski definition) is 1. The molecule has 1 saturated heterocycles. The van der Waals surface area contributed by atoms with Crippen LogP contribution in [-0.4, -0.2) is 50.6 Å². The maximum absolute atomic E-state index is 4.41. The van der Waals surface area contributed by atoms with Gasteiger partial charge in [-0.05, 0) is 36.3 Å². The fourth-order valence-corrected chi connectivity index (χ4v) is 3.26. The first-order chi connectivity index (χ1) is 9.36. The van der Waals surface area contributed by atoms with E-state index in [0.29, 0.717) is 0 Å². The van der Waals surface area contributed by atoms with Crippen LogP contribution >= 0.6 is 11.3 Å². The lowest BCUT2D eigenvalue weighted by atomic mass is 10.3. The van der Waals surface area contributed by atoms with Gasteiger partial charge in [-0.1, -0.05) is 0 Å². The van der Waals surface area contributed by atoms with Crippen molar-refractivity contribution in [3.05, 3.63) is 17.5 Å². The summed E-state index contributed by atoms with van der Waals surface area (Å²) in [6.07, 6.45) is 2.77. The van der Waals surface area contributed by atoms with Crippen molar-refractivity contribution < 1.29 is 0 Å². The molecule has 3 rings (SSSR count). The molecule has 1 aromatic heterocycles. The van der Waals surface area contributed by atoms with Gasteiger partial charge in [-0.2, -0.15) is 0 Å². The van der Waals surface area contributed by atoms with Crippen LogP contribution < -0.4 is 10.2 Å². The zero-order valence-corrected chi connectivity index (χ0v) is 12.3. The van der Waals surface area contributed by atoms with Gasteiger partial charge in [0.05, 0.1) is 5.00 Å². The van der Waals surface area contributed by atoms with Crippen LogP contribution in [0.25, 0.3) is 0 Å². The second kappa shape index (κ2) is 5.82. The van der Waals surface area contributed by atoms with Gasteiger partial charge in [0.15, 0.2) is 5.96 Å². The van der Waals surface area contributed by atoms with E-state index in [1.807, 2.05) is 18.4 Å². The Kier molecular flexibility index (Phi) is 3.92. The van der Waals surface area contributed by atoms with Gasteiger partial charge in [0.25, 0.3) is 0 Å². The summed E-state index contributed by atoms with van der Waals surface area (Å²) in [5.41, 5.74) is 0. The molecule has 2 aliphatic rings. The third kappa shape index (κ3) is 3.21. The van der Waals surface area contributed by atoms with E-state index in [9.17, 15) is 0 Å². The number of thiophene rings is 1. The Morgan fingerprint density at radius 1 is 1.37 bits per heavy atom. The van der Waals surface area contributed by atoms with Crippen molar-refractivity contribution in [3.63, 3.8) is 0 Å². The van der Waals surface area contributed by atoms with E-state index in [0.717, 1.165) is 44.6 Å². The summed E-state index contributed by atoms with van der Waals surface area (Å²) in [5, 5.41) is 7.05. The molecule has 0 bridgehead atoms. The molecule has 104 valence electrons. The van der Waals surface area contributed by atoms with E-state index in [-0.39, 0.29) is 0 Å². The summed E-state index contributed by atoms with van der Waals surface area (Å²) >= 11 is 1.83. The number of nitrogens with zero attached hydrogens (tertiary/aromatic N) is 3. The van der Waals surface area contributed by atoms with Crippen molar-refractivity contribution >= 4 is 22.3 Å². The average molecular weight is 278 g/mol. The standard InChI is InChI=1S/C14H22N4S/c1-15-14(16-11-12-4-5-12)18-8-6-17(7-9-18)13-3-2-10-19-13/h2-3,10,12H,4-9,11H2,1H3,(H,15,16). The second-order valence-electron chi connectivity index (χ2n) is 5.30. The first kappa shape index (κ1) is 12.8. The molecule has 0 aromatic carbocycles. The molecule has 1 aliphatic heterocycles. The first-order valence-electron chi connectivity index (χ1n) is 7.11. The van der Waals surface area contributed by atoms with Crippen LogP contribution in [0.1, 0.15) is 12.8 Å². The normalized spacial score (nSPS) is 20.8. The van der Waals surface area contributed by atoms with Crippen LogP contribution in [0.2, 0.25) is 0 Å². The van der Waals surface area contributed by atoms with Crippen molar-refractivity contribution in [1.82, 2.24) is 10.2 Å². The molecule has 0 unspecified atom stereocenters. The van der Waals surface area contributed by atoms with Crippen molar-refractivity contribution in [1.29, 1.82) is 0 Å². The monoisotopic (exact) mass is 278 g/mol. The molecule has 5 heteroatoms. The maximum atomic E-state index is 4.41. The third-order valence-electron chi connectivity index (χ3n) is 3.85. The summed E-state index contributed by atoms with van der Waals surface area (Å²) in [6.45, 7) is 5.39. The maximum Gasteiger partial charge on any atom is 0.193 e. The SMILES string of the molecule is CN=C(NCC1CC1)N1CCN(c2cccs2)CC1. The molecular formula is C14H22N4S. The van der Waals surface area contributed by atoms with E-state index in [2.05, 4.69) is 37.6 Å². The van der Waals surface area contributed by atoms with Crippen LogP contribution in [-0.2, 0) is 0 Å². The van der Waals surface area contributed by atoms with Gasteiger partial charge in [-0.25, -0.2) is 0 Å². The predicted octanol–water partition coefficient (Wildman–Crippen LogP) is 1.86. The van der Waals surface area contributed by atoms with E-state index < -0.39 is 0 Å². The first-order valence-corrected chi connectivity index (χ1v) is 7.99. The van der Waals surface area contributed by atoms with Crippen molar-refractivity contribution in [2.75, 3.05) is 44.7 Å². The fourth-order valence-electron chi connectivity index (χ4n) is 2.48. The van der Waals surface area contributed by atoms with E-state index in [1.165, 1.54) is 17.8 Å². The lowest BCUT2D eigenvalue weighted by Crippen LogP contribution is -2.52. The highest BCUT2D eigenvalue weighted by Gasteiger charge is 2.24. The summed E-state index contributed by atoms with van der Waals surface area (Å²) in [4.78, 5) is 9.26. The largest absolute Gasteiger partial charge is 0.360 e. The zero-order valence-electron chi connectivity index (χ0n) is 11.5. The molecule has 1 aromatic rings. The lowest BCUT2D eigenvalue weighted by molar-refractivity contribution is 0.373. The number of anilines is 1. The van der Waals surface area contributed by atoms with Gasteiger partial charge < -0.3 is 15.1 Å². The summed E-state index contributed by atoms with van der Waals surface area (Å²) in [5.74, 6) is 1.97. The van der Waals surface area contributed by atoms with Crippen LogP contribution in [0.15, 0.2) is 22.5 Å². The Bertz CT molecular complexity index is 417. The predicted molar refractivity (Wildman–Crippen MR) is 82.2 cm³/mol. The molecule has 0 amide bonds. The minimum Gasteiger partial charge on any atom is -0.360 e. The Morgan fingerprint density at radius 3 is 2.74 bits per heavy atom. The number of nitrogens with one attached hydrogen (secondary N) is 1. The average Bonchev–Trinajstić information content (AvgIpc) is 3.12. The van der Waals surface area contributed by atoms with Crippen LogP contribution in [0.4, 0.5) is 5.00 Å². The highest BCUT2D eigenvalue weighted by Crippen LogP contribution is 2.27. The molecular weight excluding hydrogens is 256 g/mol. The lowest BCUT2D eigenvalue weighted by Gasteiger charge is -2.37. The second-order valence-corrected chi connectivity index (χ2v) is 6.22. The van der Waals surface area contributed by atoms with Gasteiger partial charge in [0.2, 0.25) is 0 Å². The van der Waals surface area contributed by atoms with E-state index in [4.69, 9.17) is 0 Å². The number of aliphatic imine (C=N–C) groups is 1. The highest BCUT2D eigenvalue weighted by molar-refractivity contribution is 7.14. The molecule has 2 heterocycles.